The molecular weight excluding hydrogens is 537 g/mol. The Morgan fingerprint density at radius 1 is 1.00 bits per heavy atom. The summed E-state index contributed by atoms with van der Waals surface area (Å²) in [6.07, 6.45) is -19.2. The van der Waals surface area contributed by atoms with Crippen molar-refractivity contribution >= 4 is 22.1 Å². The topological polar surface area (TPSA) is 116 Å². The summed E-state index contributed by atoms with van der Waals surface area (Å²) >= 11 is 0. The van der Waals surface area contributed by atoms with Gasteiger partial charge in [-0.2, -0.15) is 56.7 Å². The van der Waals surface area contributed by atoms with Gasteiger partial charge in [-0.15, -0.1) is 0 Å². The fraction of sp³-hybridized carbons (Fsp3) is 0.714. The van der Waals surface area contributed by atoms with E-state index in [9.17, 15) is 66.3 Å². The average Bonchev–Trinajstić information content (AvgIpc) is 2.60. The van der Waals surface area contributed by atoms with Gasteiger partial charge in [0.15, 0.2) is 6.10 Å². The molecule has 8 nitrogen and oxygen atoms in total. The maximum atomic E-state index is 13.5. The van der Waals surface area contributed by atoms with Crippen LogP contribution in [0.15, 0.2) is 12.4 Å². The zero-order chi connectivity index (χ0) is 27.6. The molecule has 0 aromatic rings. The first-order valence-electron chi connectivity index (χ1n) is 8.12. The first kappa shape index (κ1) is 31.8. The number of halogens is 11. The van der Waals surface area contributed by atoms with Crippen molar-refractivity contribution in [3.8, 4) is 0 Å². The number of carbonyl (C=O) groups excluding carboxylic acids is 2. The average molecular weight is 550 g/mol. The molecule has 34 heavy (non-hydrogen) atoms. The molecule has 200 valence electrons. The fourth-order valence-electron chi connectivity index (χ4n) is 1.72. The van der Waals surface area contributed by atoms with Crippen LogP contribution in [0.1, 0.15) is 19.8 Å². The van der Waals surface area contributed by atoms with Gasteiger partial charge in [0.2, 0.25) is 5.83 Å². The van der Waals surface area contributed by atoms with Gasteiger partial charge < -0.3 is 14.2 Å². The van der Waals surface area contributed by atoms with Crippen molar-refractivity contribution in [3.63, 3.8) is 0 Å². The molecule has 0 saturated carbocycles. The van der Waals surface area contributed by atoms with E-state index in [0.717, 1.165) is 0 Å². The van der Waals surface area contributed by atoms with Crippen LogP contribution >= 0.6 is 0 Å². The van der Waals surface area contributed by atoms with Gasteiger partial charge in [0.1, 0.15) is 0 Å². The van der Waals surface area contributed by atoms with E-state index in [-0.39, 0.29) is 6.92 Å². The molecule has 0 aromatic heterocycles. The lowest BCUT2D eigenvalue weighted by Crippen LogP contribution is -2.59. The predicted octanol–water partition coefficient (Wildman–Crippen LogP) is 3.68. The minimum Gasteiger partial charge on any atom is -0.448 e. The van der Waals surface area contributed by atoms with Gasteiger partial charge in [-0.3, -0.25) is 4.55 Å². The van der Waals surface area contributed by atoms with Crippen molar-refractivity contribution in [2.24, 2.45) is 0 Å². The molecule has 0 fully saturated rings. The van der Waals surface area contributed by atoms with Gasteiger partial charge in [0.05, 0.1) is 6.61 Å². The summed E-state index contributed by atoms with van der Waals surface area (Å²) in [4.78, 5) is 23.0. The molecule has 2 atom stereocenters. The Hall–Kier alpha value is -2.22. The van der Waals surface area contributed by atoms with Crippen molar-refractivity contribution in [1.82, 2.24) is 0 Å². The van der Waals surface area contributed by atoms with Gasteiger partial charge in [-0.1, -0.05) is 6.58 Å². The van der Waals surface area contributed by atoms with E-state index in [2.05, 4.69) is 20.8 Å². The van der Waals surface area contributed by atoms with Crippen LogP contribution in [0.25, 0.3) is 0 Å². The number of ether oxygens (including phenoxy) is 3. The largest absolute Gasteiger partial charge is 0.468 e. The second-order valence-corrected chi connectivity index (χ2v) is 7.61. The predicted molar refractivity (Wildman–Crippen MR) is 83.4 cm³/mol. The number of rotatable bonds is 11. The van der Waals surface area contributed by atoms with Gasteiger partial charge in [-0.25, -0.2) is 9.59 Å². The Labute approximate surface area is 182 Å². The molecule has 0 radical (unpaired) electrons. The van der Waals surface area contributed by atoms with Crippen LogP contribution in [0.2, 0.25) is 0 Å². The summed E-state index contributed by atoms with van der Waals surface area (Å²) in [5.41, 5.74) is 0. The van der Waals surface area contributed by atoms with Crippen LogP contribution in [0.3, 0.4) is 0 Å². The molecule has 0 rings (SSSR count). The second kappa shape index (κ2) is 10.2. The minimum atomic E-state index is -6.72. The van der Waals surface area contributed by atoms with Crippen molar-refractivity contribution in [3.05, 3.63) is 12.4 Å². The van der Waals surface area contributed by atoms with Crippen LogP contribution in [0.4, 0.5) is 48.3 Å². The second-order valence-electron chi connectivity index (χ2n) is 6.15. The fourth-order valence-corrected chi connectivity index (χ4v) is 2.20. The highest BCUT2D eigenvalue weighted by Gasteiger charge is 2.69. The highest BCUT2D eigenvalue weighted by molar-refractivity contribution is 7.87. The van der Waals surface area contributed by atoms with Crippen molar-refractivity contribution < 1.29 is 85.1 Å². The highest BCUT2D eigenvalue weighted by atomic mass is 32.2. The Morgan fingerprint density at radius 2 is 1.47 bits per heavy atom. The van der Waals surface area contributed by atoms with Gasteiger partial charge >= 0.3 is 51.4 Å². The van der Waals surface area contributed by atoms with Gasteiger partial charge in [0, 0.05) is 6.42 Å². The molecule has 0 aliphatic rings. The van der Waals surface area contributed by atoms with Gasteiger partial charge in [-0.05, 0) is 13.3 Å². The molecule has 0 amide bonds. The van der Waals surface area contributed by atoms with E-state index in [1.165, 1.54) is 0 Å². The third-order valence-corrected chi connectivity index (χ3v) is 4.48. The van der Waals surface area contributed by atoms with Crippen LogP contribution in [0, 0.1) is 0 Å². The van der Waals surface area contributed by atoms with Crippen LogP contribution < -0.4 is 0 Å². The summed E-state index contributed by atoms with van der Waals surface area (Å²) < 4.78 is 183. The maximum absolute atomic E-state index is 13.5. The zero-order valence-electron chi connectivity index (χ0n) is 16.3. The van der Waals surface area contributed by atoms with E-state index in [0.29, 0.717) is 0 Å². The lowest BCUT2D eigenvalue weighted by molar-refractivity contribution is -0.359. The number of carbonyl (C=O) groups is 2. The standard InChI is InChI=1S/C14H13F11O8S/c1-6(15)8(26)33-11(13(21,22)23,9(27)32-7(2)12(18,19)20)31-5-3-4-10(16,17)14(24,25)34(28,29)30/h7H,1,3-5H2,2H3,(H,28,29,30). The smallest absolute Gasteiger partial charge is 0.448 e. The Kier molecular flexibility index (Phi) is 9.52. The number of alkyl halides is 10. The summed E-state index contributed by atoms with van der Waals surface area (Å²) in [5, 5.41) is -6.14. The molecule has 0 aromatic carbocycles. The molecule has 20 heteroatoms. The molecule has 0 saturated heterocycles. The van der Waals surface area contributed by atoms with E-state index in [1.807, 2.05) is 0 Å². The van der Waals surface area contributed by atoms with E-state index in [4.69, 9.17) is 4.55 Å². The summed E-state index contributed by atoms with van der Waals surface area (Å²) in [6, 6.07) is 0. The van der Waals surface area contributed by atoms with E-state index in [1.54, 1.807) is 0 Å². The zero-order valence-corrected chi connectivity index (χ0v) is 17.1. The number of hydrogen-bond acceptors (Lipinski definition) is 7. The number of esters is 2. The van der Waals surface area contributed by atoms with E-state index < -0.39 is 82.8 Å². The lowest BCUT2D eigenvalue weighted by Gasteiger charge is -2.33. The summed E-state index contributed by atoms with van der Waals surface area (Å²) in [6.45, 7) is 0.247. The van der Waals surface area contributed by atoms with Crippen LogP contribution in [-0.2, 0) is 33.9 Å². The molecule has 0 spiro atoms. The maximum Gasteiger partial charge on any atom is 0.468 e. The first-order chi connectivity index (χ1) is 14.8. The molecule has 0 bridgehead atoms. The third kappa shape index (κ3) is 7.14. The lowest BCUT2D eigenvalue weighted by atomic mass is 10.2. The highest BCUT2D eigenvalue weighted by Crippen LogP contribution is 2.42. The van der Waals surface area contributed by atoms with Crippen molar-refractivity contribution in [1.29, 1.82) is 0 Å². The minimum absolute atomic E-state index is 0.00685. The molecule has 0 aliphatic carbocycles. The quantitative estimate of drug-likeness (QED) is 0.104. The molecular formula is C14H13F11O8S. The SMILES string of the molecule is C=C(F)C(=O)OC(OCCCC(F)(F)C(F)(F)S(=O)(=O)O)(C(=O)OC(C)C(F)(F)F)C(F)(F)F. The van der Waals surface area contributed by atoms with Crippen LogP contribution in [0.5, 0.6) is 0 Å². The summed E-state index contributed by atoms with van der Waals surface area (Å²) in [7, 11) is -6.72. The summed E-state index contributed by atoms with van der Waals surface area (Å²) in [5.74, 6) is -19.1. The molecule has 1 N–H and O–H groups in total. The Morgan fingerprint density at radius 3 is 1.82 bits per heavy atom. The molecule has 0 heterocycles. The van der Waals surface area contributed by atoms with Crippen LogP contribution in [-0.4, -0.2) is 66.9 Å². The van der Waals surface area contributed by atoms with E-state index >= 15 is 0 Å². The Bertz CT molecular complexity index is 881. The molecule has 2 unspecified atom stereocenters. The monoisotopic (exact) mass is 550 g/mol. The Balaban J connectivity index is 6.00. The van der Waals surface area contributed by atoms with Gasteiger partial charge in [0.25, 0.3) is 0 Å². The van der Waals surface area contributed by atoms with Crippen molar-refractivity contribution in [2.45, 2.75) is 55.2 Å². The van der Waals surface area contributed by atoms with Crippen molar-refractivity contribution in [2.75, 3.05) is 6.61 Å². The number of hydrogen-bond donors (Lipinski definition) is 1. The first-order valence-corrected chi connectivity index (χ1v) is 9.56. The molecule has 0 aliphatic heterocycles. The normalized spacial score (nSPS) is 16.4. The third-order valence-electron chi connectivity index (χ3n) is 3.53.